The lowest BCUT2D eigenvalue weighted by atomic mass is 9.96. The van der Waals surface area contributed by atoms with Crippen LogP contribution in [0.1, 0.15) is 50.3 Å². The number of anilines is 1. The maximum atomic E-state index is 13.8. The van der Waals surface area contributed by atoms with Crippen LogP contribution in [-0.4, -0.2) is 17.6 Å². The zero-order chi connectivity index (χ0) is 21.7. The van der Waals surface area contributed by atoms with Crippen LogP contribution in [-0.2, 0) is 17.6 Å². The summed E-state index contributed by atoms with van der Waals surface area (Å²) in [5, 5.41) is 10.7. The third-order valence-electron chi connectivity index (χ3n) is 6.08. The number of para-hydroxylation sites is 1. The topological polar surface area (TPSA) is 40.5 Å². The van der Waals surface area contributed by atoms with E-state index in [1.165, 1.54) is 16.7 Å². The summed E-state index contributed by atoms with van der Waals surface area (Å²) in [6.45, 7) is 8.54. The average Bonchev–Trinajstić information content (AvgIpc) is 2.94. The molecule has 0 saturated carbocycles. The molecule has 1 aliphatic carbocycles. The molecule has 1 aliphatic rings. The second kappa shape index (κ2) is 9.80. The molecule has 0 radical (unpaired) electrons. The van der Waals surface area contributed by atoms with E-state index >= 15 is 0 Å². The van der Waals surface area contributed by atoms with E-state index in [1.54, 1.807) is 6.07 Å². The summed E-state index contributed by atoms with van der Waals surface area (Å²) in [6.07, 6.45) is 7.59. The smallest absolute Gasteiger partial charge is 0.230 e. The van der Waals surface area contributed by atoms with Crippen molar-refractivity contribution in [3.05, 3.63) is 82.5 Å². The monoisotopic (exact) mass is 403 g/mol. The first kappa shape index (κ1) is 21.9. The molecule has 2 aromatic rings. The van der Waals surface area contributed by atoms with E-state index in [0.717, 1.165) is 36.8 Å². The van der Waals surface area contributed by atoms with E-state index < -0.39 is 0 Å². The van der Waals surface area contributed by atoms with Gasteiger partial charge in [-0.15, -0.1) is 0 Å². The molecule has 0 aliphatic heterocycles. The van der Waals surface area contributed by atoms with E-state index in [-0.39, 0.29) is 17.6 Å². The number of benzene rings is 2. The Morgan fingerprint density at radius 2 is 1.70 bits per heavy atom. The largest absolute Gasteiger partial charge is 0.506 e. The molecule has 1 amide bonds. The number of aryl methyl sites for hydroxylation is 3. The van der Waals surface area contributed by atoms with Gasteiger partial charge in [-0.1, -0.05) is 54.1 Å². The van der Waals surface area contributed by atoms with Crippen LogP contribution in [0.4, 0.5) is 5.69 Å². The van der Waals surface area contributed by atoms with Crippen molar-refractivity contribution in [2.75, 3.05) is 11.4 Å². The van der Waals surface area contributed by atoms with E-state index in [1.807, 2.05) is 37.0 Å². The first-order valence-corrected chi connectivity index (χ1v) is 10.9. The molecule has 3 heteroatoms. The molecule has 0 spiro atoms. The number of rotatable bonds is 5. The highest BCUT2D eigenvalue weighted by atomic mass is 16.3. The predicted molar refractivity (Wildman–Crippen MR) is 125 cm³/mol. The fourth-order valence-corrected chi connectivity index (χ4v) is 4.33. The lowest BCUT2D eigenvalue weighted by Crippen LogP contribution is -2.38. The van der Waals surface area contributed by atoms with Crippen LogP contribution in [0.3, 0.4) is 0 Å². The molecule has 0 bridgehead atoms. The molecule has 3 rings (SSSR count). The Labute approximate surface area is 180 Å². The molecule has 0 fully saturated rings. The van der Waals surface area contributed by atoms with Crippen LogP contribution in [0.25, 0.3) is 0 Å². The molecule has 0 heterocycles. The highest BCUT2D eigenvalue weighted by molar-refractivity contribution is 5.97. The summed E-state index contributed by atoms with van der Waals surface area (Å²) in [5.74, 6) is 0.213. The number of phenols is 1. The number of allylic oxidation sites excluding steroid dienone is 2. The fourth-order valence-electron chi connectivity index (χ4n) is 4.33. The first-order valence-electron chi connectivity index (χ1n) is 10.9. The van der Waals surface area contributed by atoms with Gasteiger partial charge in [-0.05, 0) is 81.7 Å². The van der Waals surface area contributed by atoms with Crippen molar-refractivity contribution in [2.45, 2.75) is 53.4 Å². The average molecular weight is 404 g/mol. The minimum absolute atomic E-state index is 0.0552. The van der Waals surface area contributed by atoms with Gasteiger partial charge in [0.05, 0.1) is 12.2 Å². The molecule has 3 nitrogen and oxygen atoms in total. The van der Waals surface area contributed by atoms with Crippen LogP contribution >= 0.6 is 0 Å². The number of fused-ring (bicyclic) bond motifs is 1. The molecule has 30 heavy (non-hydrogen) atoms. The summed E-state index contributed by atoms with van der Waals surface area (Å²) in [7, 11) is 0. The van der Waals surface area contributed by atoms with E-state index in [0.29, 0.717) is 12.2 Å². The normalized spacial score (nSPS) is 14.3. The molecule has 0 aromatic heterocycles. The maximum absolute atomic E-state index is 13.8. The van der Waals surface area contributed by atoms with E-state index in [2.05, 4.69) is 44.2 Å². The fraction of sp³-hybridized carbons (Fsp3) is 0.370. The van der Waals surface area contributed by atoms with Crippen molar-refractivity contribution in [1.29, 1.82) is 0 Å². The molecule has 2 aromatic carbocycles. The van der Waals surface area contributed by atoms with Gasteiger partial charge < -0.3 is 10.0 Å². The van der Waals surface area contributed by atoms with Gasteiger partial charge >= 0.3 is 0 Å². The van der Waals surface area contributed by atoms with Crippen molar-refractivity contribution in [3.63, 3.8) is 0 Å². The third-order valence-corrected chi connectivity index (χ3v) is 6.08. The number of aromatic hydroxyl groups is 1. The second-order valence-corrected chi connectivity index (χ2v) is 8.44. The van der Waals surface area contributed by atoms with Crippen LogP contribution in [0, 0.1) is 12.8 Å². The predicted octanol–water partition coefficient (Wildman–Crippen LogP) is 6.14. The lowest BCUT2D eigenvalue weighted by molar-refractivity contribution is -0.122. The van der Waals surface area contributed by atoms with Gasteiger partial charge in [0.1, 0.15) is 5.75 Å². The number of carbonyl (C=O) groups excluding carboxylic acids is 1. The van der Waals surface area contributed by atoms with Crippen LogP contribution in [0.5, 0.6) is 5.75 Å². The van der Waals surface area contributed by atoms with Crippen LogP contribution in [0.15, 0.2) is 65.8 Å². The van der Waals surface area contributed by atoms with Crippen molar-refractivity contribution in [2.24, 2.45) is 5.92 Å². The van der Waals surface area contributed by atoms with Gasteiger partial charge in [0.25, 0.3) is 0 Å². The zero-order valence-electron chi connectivity index (χ0n) is 18.6. The quantitative estimate of drug-likeness (QED) is 0.481. The number of nitrogens with zero attached hydrogens (tertiary/aromatic N) is 1. The Kier molecular flexibility index (Phi) is 7.15. The minimum Gasteiger partial charge on any atom is -0.506 e. The molecule has 0 saturated heterocycles. The summed E-state index contributed by atoms with van der Waals surface area (Å²) >= 11 is 0. The third kappa shape index (κ3) is 4.84. The Morgan fingerprint density at radius 3 is 2.23 bits per heavy atom. The lowest BCUT2D eigenvalue weighted by Gasteiger charge is -2.30. The van der Waals surface area contributed by atoms with Crippen molar-refractivity contribution in [3.8, 4) is 5.75 Å². The highest BCUT2D eigenvalue weighted by Gasteiger charge is 2.30. The summed E-state index contributed by atoms with van der Waals surface area (Å²) in [4.78, 5) is 15.7. The van der Waals surface area contributed by atoms with E-state index in [9.17, 15) is 9.90 Å². The first-order chi connectivity index (χ1) is 14.4. The molecule has 1 N–H and O–H groups in total. The Hall–Kier alpha value is -2.81. The van der Waals surface area contributed by atoms with Gasteiger partial charge in [-0.25, -0.2) is 0 Å². The van der Waals surface area contributed by atoms with Crippen molar-refractivity contribution < 1.29 is 9.90 Å². The van der Waals surface area contributed by atoms with Gasteiger partial charge in [-0.2, -0.15) is 0 Å². The summed E-state index contributed by atoms with van der Waals surface area (Å²) in [6, 6.07) is 14.0. The van der Waals surface area contributed by atoms with Crippen molar-refractivity contribution >= 4 is 11.6 Å². The minimum atomic E-state index is -0.0552. The number of hydrogen-bond donors (Lipinski definition) is 1. The van der Waals surface area contributed by atoms with Gasteiger partial charge in [0, 0.05) is 5.92 Å². The van der Waals surface area contributed by atoms with E-state index in [4.69, 9.17) is 0 Å². The summed E-state index contributed by atoms with van der Waals surface area (Å²) < 4.78 is 0. The van der Waals surface area contributed by atoms with Gasteiger partial charge in [-0.3, -0.25) is 4.79 Å². The second-order valence-electron chi connectivity index (χ2n) is 8.44. The molecule has 0 atom stereocenters. The van der Waals surface area contributed by atoms with Crippen LogP contribution < -0.4 is 4.90 Å². The number of phenolic OH excluding ortho intramolecular Hbond substituents is 1. The maximum Gasteiger partial charge on any atom is 0.230 e. The number of carbonyl (C=O) groups is 1. The molecule has 0 unspecified atom stereocenters. The molecular formula is C27H33NO2. The Balaban J connectivity index is 1.96. The molecule has 158 valence electrons. The summed E-state index contributed by atoms with van der Waals surface area (Å²) in [5.41, 5.74) is 6.54. The highest BCUT2D eigenvalue weighted by Crippen LogP contribution is 2.35. The Morgan fingerprint density at radius 1 is 1.07 bits per heavy atom. The van der Waals surface area contributed by atoms with Gasteiger partial charge in [0.15, 0.2) is 0 Å². The number of amides is 1. The van der Waals surface area contributed by atoms with Gasteiger partial charge in [0.2, 0.25) is 5.91 Å². The SMILES string of the molecule is C/C=C\C(CN(C(=O)C1CCc2ccccc2CC1)c1c(C)cccc1O)=C(C)C. The van der Waals surface area contributed by atoms with Crippen LogP contribution in [0.2, 0.25) is 0 Å². The zero-order valence-corrected chi connectivity index (χ0v) is 18.6. The standard InChI is InChI=1S/C27H33NO2/c1-5-9-24(19(2)3)18-28(26-20(4)10-8-13-25(26)29)27(30)23-16-14-21-11-6-7-12-22(21)15-17-23/h5-13,23,29H,14-18H2,1-4H3/b9-5-. The number of hydrogen-bond acceptors (Lipinski definition) is 2. The van der Waals surface area contributed by atoms with Crippen molar-refractivity contribution in [1.82, 2.24) is 0 Å². The molecular weight excluding hydrogens is 370 g/mol. The Bertz CT molecular complexity index is 919.